The molecule has 0 aromatic carbocycles. The van der Waals surface area contributed by atoms with Crippen molar-refractivity contribution in [3.05, 3.63) is 40.8 Å². The maximum atomic E-state index is 5.82. The molecule has 18 heavy (non-hydrogen) atoms. The number of pyridine rings is 1. The van der Waals surface area contributed by atoms with Gasteiger partial charge in [0.25, 0.3) is 0 Å². The molecule has 0 bridgehead atoms. The molecule has 3 rings (SSSR count). The van der Waals surface area contributed by atoms with Crippen LogP contribution in [-0.4, -0.2) is 15.0 Å². The standard InChI is InChI=1S/C13H13ClN4/c14-10-3-4-11(16-7-10)13-17-6-9(5-15)12(18-13)8-1-2-8/h3-4,6-8H,1-2,5,15H2. The molecule has 0 unspecified atom stereocenters. The predicted molar refractivity (Wildman–Crippen MR) is 70.1 cm³/mol. The van der Waals surface area contributed by atoms with Crippen LogP contribution in [0.1, 0.15) is 30.0 Å². The van der Waals surface area contributed by atoms with Crippen molar-refractivity contribution >= 4 is 11.6 Å². The lowest BCUT2D eigenvalue weighted by Crippen LogP contribution is -2.06. The van der Waals surface area contributed by atoms with Gasteiger partial charge in [0.15, 0.2) is 5.82 Å². The van der Waals surface area contributed by atoms with Crippen molar-refractivity contribution in [3.8, 4) is 11.5 Å². The van der Waals surface area contributed by atoms with Crippen LogP contribution in [0.2, 0.25) is 5.02 Å². The van der Waals surface area contributed by atoms with Crippen molar-refractivity contribution < 1.29 is 0 Å². The second-order valence-electron chi connectivity index (χ2n) is 4.44. The summed E-state index contributed by atoms with van der Waals surface area (Å²) in [6.07, 6.45) is 5.80. The van der Waals surface area contributed by atoms with Gasteiger partial charge in [0.2, 0.25) is 0 Å². The third kappa shape index (κ3) is 2.21. The van der Waals surface area contributed by atoms with Gasteiger partial charge in [0.05, 0.1) is 10.7 Å². The Labute approximate surface area is 110 Å². The van der Waals surface area contributed by atoms with E-state index in [2.05, 4.69) is 15.0 Å². The number of hydrogen-bond donors (Lipinski definition) is 1. The minimum atomic E-state index is 0.486. The van der Waals surface area contributed by atoms with E-state index in [4.69, 9.17) is 17.3 Å². The van der Waals surface area contributed by atoms with Gasteiger partial charge in [-0.05, 0) is 25.0 Å². The molecule has 0 amide bonds. The predicted octanol–water partition coefficient (Wildman–Crippen LogP) is 2.53. The maximum Gasteiger partial charge on any atom is 0.178 e. The Balaban J connectivity index is 2.02. The Morgan fingerprint density at radius 3 is 2.67 bits per heavy atom. The summed E-state index contributed by atoms with van der Waals surface area (Å²) in [5.74, 6) is 1.20. The minimum absolute atomic E-state index is 0.486. The van der Waals surface area contributed by atoms with Crippen LogP contribution in [0.5, 0.6) is 0 Å². The molecule has 1 fully saturated rings. The normalized spacial score (nSPS) is 14.8. The fraction of sp³-hybridized carbons (Fsp3) is 0.308. The summed E-state index contributed by atoms with van der Waals surface area (Å²) < 4.78 is 0. The number of nitrogens with two attached hydrogens (primary N) is 1. The SMILES string of the molecule is NCc1cnc(-c2ccc(Cl)cn2)nc1C1CC1. The first-order valence-corrected chi connectivity index (χ1v) is 6.33. The number of hydrogen-bond acceptors (Lipinski definition) is 4. The van der Waals surface area contributed by atoms with Crippen LogP contribution in [-0.2, 0) is 6.54 Å². The molecule has 2 aromatic heterocycles. The van der Waals surface area contributed by atoms with Crippen molar-refractivity contribution in [2.45, 2.75) is 25.3 Å². The van der Waals surface area contributed by atoms with Gasteiger partial charge in [-0.3, -0.25) is 4.98 Å². The zero-order chi connectivity index (χ0) is 12.5. The monoisotopic (exact) mass is 260 g/mol. The molecule has 1 aliphatic rings. The molecule has 4 nitrogen and oxygen atoms in total. The molecular formula is C13H13ClN4. The summed E-state index contributed by atoms with van der Waals surface area (Å²) in [6.45, 7) is 0.486. The molecule has 5 heteroatoms. The highest BCUT2D eigenvalue weighted by Gasteiger charge is 2.28. The van der Waals surface area contributed by atoms with Crippen molar-refractivity contribution in [1.29, 1.82) is 0 Å². The third-order valence-corrected chi connectivity index (χ3v) is 3.26. The van der Waals surface area contributed by atoms with Crippen LogP contribution < -0.4 is 5.73 Å². The Kier molecular flexibility index (Phi) is 2.97. The molecule has 1 saturated carbocycles. The number of nitrogens with zero attached hydrogens (tertiary/aromatic N) is 3. The second kappa shape index (κ2) is 4.63. The Morgan fingerprint density at radius 2 is 2.06 bits per heavy atom. The molecule has 2 N–H and O–H groups in total. The van der Waals surface area contributed by atoms with Gasteiger partial charge in [-0.25, -0.2) is 9.97 Å². The molecular weight excluding hydrogens is 248 g/mol. The zero-order valence-corrected chi connectivity index (χ0v) is 10.6. The van der Waals surface area contributed by atoms with Crippen LogP contribution in [0.25, 0.3) is 11.5 Å². The van der Waals surface area contributed by atoms with E-state index in [-0.39, 0.29) is 0 Å². The lowest BCUT2D eigenvalue weighted by Gasteiger charge is -2.07. The van der Waals surface area contributed by atoms with Gasteiger partial charge in [-0.1, -0.05) is 11.6 Å². The molecule has 0 atom stereocenters. The van der Waals surface area contributed by atoms with Crippen molar-refractivity contribution in [2.24, 2.45) is 5.73 Å². The van der Waals surface area contributed by atoms with Crippen LogP contribution in [0.3, 0.4) is 0 Å². The van der Waals surface area contributed by atoms with Crippen molar-refractivity contribution in [1.82, 2.24) is 15.0 Å². The smallest absolute Gasteiger partial charge is 0.178 e. The van der Waals surface area contributed by atoms with Crippen LogP contribution in [0.15, 0.2) is 24.5 Å². The summed E-state index contributed by atoms with van der Waals surface area (Å²) in [5, 5.41) is 0.611. The van der Waals surface area contributed by atoms with E-state index in [9.17, 15) is 0 Å². The van der Waals surface area contributed by atoms with E-state index in [0.29, 0.717) is 23.3 Å². The lowest BCUT2D eigenvalue weighted by molar-refractivity contribution is 0.908. The van der Waals surface area contributed by atoms with Crippen molar-refractivity contribution in [3.63, 3.8) is 0 Å². The second-order valence-corrected chi connectivity index (χ2v) is 4.88. The topological polar surface area (TPSA) is 64.7 Å². The minimum Gasteiger partial charge on any atom is -0.326 e. The van der Waals surface area contributed by atoms with Crippen LogP contribution in [0, 0.1) is 0 Å². The van der Waals surface area contributed by atoms with Crippen molar-refractivity contribution in [2.75, 3.05) is 0 Å². The molecule has 0 radical (unpaired) electrons. The Hall–Kier alpha value is -1.52. The fourth-order valence-electron chi connectivity index (χ4n) is 1.92. The molecule has 2 heterocycles. The molecule has 0 spiro atoms. The highest BCUT2D eigenvalue weighted by molar-refractivity contribution is 6.30. The molecule has 0 aliphatic heterocycles. The van der Waals surface area contributed by atoms with Crippen LogP contribution >= 0.6 is 11.6 Å². The molecule has 1 aliphatic carbocycles. The average Bonchev–Trinajstić information content (AvgIpc) is 3.23. The summed E-state index contributed by atoms with van der Waals surface area (Å²) >= 11 is 5.82. The first kappa shape index (κ1) is 11.6. The number of rotatable bonds is 3. The average molecular weight is 261 g/mol. The first-order valence-electron chi connectivity index (χ1n) is 5.95. The van der Waals surface area contributed by atoms with Gasteiger partial charge < -0.3 is 5.73 Å². The van der Waals surface area contributed by atoms with Gasteiger partial charge >= 0.3 is 0 Å². The third-order valence-electron chi connectivity index (χ3n) is 3.04. The molecule has 2 aromatic rings. The van der Waals surface area contributed by atoms with E-state index in [1.54, 1.807) is 12.3 Å². The summed E-state index contributed by atoms with van der Waals surface area (Å²) in [7, 11) is 0. The van der Waals surface area contributed by atoms with Gasteiger partial charge in [-0.15, -0.1) is 0 Å². The van der Waals surface area contributed by atoms with E-state index in [1.807, 2.05) is 12.3 Å². The van der Waals surface area contributed by atoms with E-state index < -0.39 is 0 Å². The Bertz CT molecular complexity index is 564. The highest BCUT2D eigenvalue weighted by atomic mass is 35.5. The fourth-order valence-corrected chi connectivity index (χ4v) is 2.03. The van der Waals surface area contributed by atoms with Gasteiger partial charge in [0, 0.05) is 30.4 Å². The molecule has 92 valence electrons. The number of aromatic nitrogens is 3. The number of halogens is 1. The zero-order valence-electron chi connectivity index (χ0n) is 9.81. The van der Waals surface area contributed by atoms with E-state index in [0.717, 1.165) is 17.0 Å². The van der Waals surface area contributed by atoms with Gasteiger partial charge in [0.1, 0.15) is 5.69 Å². The summed E-state index contributed by atoms with van der Waals surface area (Å²) in [4.78, 5) is 13.2. The largest absolute Gasteiger partial charge is 0.326 e. The quantitative estimate of drug-likeness (QED) is 0.921. The highest BCUT2D eigenvalue weighted by Crippen LogP contribution is 2.40. The summed E-state index contributed by atoms with van der Waals surface area (Å²) in [6, 6.07) is 3.62. The lowest BCUT2D eigenvalue weighted by atomic mass is 10.1. The Morgan fingerprint density at radius 1 is 1.22 bits per heavy atom. The van der Waals surface area contributed by atoms with Gasteiger partial charge in [-0.2, -0.15) is 0 Å². The van der Waals surface area contributed by atoms with E-state index >= 15 is 0 Å². The van der Waals surface area contributed by atoms with Crippen LogP contribution in [0.4, 0.5) is 0 Å². The summed E-state index contributed by atoms with van der Waals surface area (Å²) in [5.41, 5.74) is 8.57. The first-order chi connectivity index (χ1) is 8.78. The molecule has 0 saturated heterocycles. The van der Waals surface area contributed by atoms with E-state index in [1.165, 1.54) is 12.8 Å². The maximum absolute atomic E-state index is 5.82.